The van der Waals surface area contributed by atoms with Gasteiger partial charge in [0.1, 0.15) is 23.4 Å². The molecule has 8 heteroatoms. The van der Waals surface area contributed by atoms with E-state index in [-0.39, 0.29) is 17.6 Å². The van der Waals surface area contributed by atoms with Crippen LogP contribution in [0.1, 0.15) is 106 Å². The third-order valence-corrected chi connectivity index (χ3v) is 5.52. The van der Waals surface area contributed by atoms with Gasteiger partial charge in [0.05, 0.1) is 0 Å². The highest BCUT2D eigenvalue weighted by Gasteiger charge is 2.38. The zero-order chi connectivity index (χ0) is 28.4. The molecule has 0 saturated carbocycles. The van der Waals surface area contributed by atoms with E-state index in [0.29, 0.717) is 24.9 Å². The van der Waals surface area contributed by atoms with Gasteiger partial charge in [-0.15, -0.1) is 0 Å². The van der Waals surface area contributed by atoms with Crippen molar-refractivity contribution in [2.75, 3.05) is 6.54 Å². The molecule has 0 aliphatic carbocycles. The Balaban J connectivity index is 3.53. The third-order valence-electron chi connectivity index (χ3n) is 5.52. The molecule has 1 rings (SSSR count). The SMILES string of the molecule is CCCCCCN(C(=O)C(CC(C)C)NC(=O)OC(C)(C)C)C(C(=O)NC(C)(C)C)c1ccccc1O. The lowest BCUT2D eigenvalue weighted by atomic mass is 9.97. The maximum absolute atomic E-state index is 14.1. The number of ether oxygens (including phenoxy) is 1. The maximum Gasteiger partial charge on any atom is 0.408 e. The smallest absolute Gasteiger partial charge is 0.408 e. The molecule has 2 atom stereocenters. The van der Waals surface area contributed by atoms with E-state index in [9.17, 15) is 19.5 Å². The molecule has 0 bridgehead atoms. The summed E-state index contributed by atoms with van der Waals surface area (Å²) in [5.74, 6) is -0.743. The van der Waals surface area contributed by atoms with Crippen molar-refractivity contribution in [2.24, 2.45) is 5.92 Å². The topological polar surface area (TPSA) is 108 Å². The molecule has 2 unspecified atom stereocenters. The zero-order valence-electron chi connectivity index (χ0n) is 24.3. The highest BCUT2D eigenvalue weighted by atomic mass is 16.6. The molecule has 3 amide bonds. The average molecular weight is 520 g/mol. The lowest BCUT2D eigenvalue weighted by Gasteiger charge is -2.36. The monoisotopic (exact) mass is 519 g/mol. The van der Waals surface area contributed by atoms with Gasteiger partial charge in [0.2, 0.25) is 11.8 Å². The molecule has 0 radical (unpaired) electrons. The summed E-state index contributed by atoms with van der Waals surface area (Å²) in [6.07, 6.45) is 3.30. The van der Waals surface area contributed by atoms with E-state index < -0.39 is 35.2 Å². The number of para-hydroxylation sites is 1. The van der Waals surface area contributed by atoms with Gasteiger partial charge in [0.25, 0.3) is 0 Å². The predicted octanol–water partition coefficient (Wildman–Crippen LogP) is 5.70. The van der Waals surface area contributed by atoms with Gasteiger partial charge in [0, 0.05) is 17.6 Å². The number of alkyl carbamates (subject to hydrolysis) is 1. The van der Waals surface area contributed by atoms with Gasteiger partial charge in [-0.2, -0.15) is 0 Å². The van der Waals surface area contributed by atoms with Gasteiger partial charge in [-0.25, -0.2) is 4.79 Å². The Labute approximate surface area is 223 Å². The van der Waals surface area contributed by atoms with Gasteiger partial charge in [0.15, 0.2) is 0 Å². The summed E-state index contributed by atoms with van der Waals surface area (Å²) in [5, 5.41) is 16.4. The molecule has 8 nitrogen and oxygen atoms in total. The second kappa shape index (κ2) is 14.2. The van der Waals surface area contributed by atoms with Crippen molar-refractivity contribution in [3.05, 3.63) is 29.8 Å². The van der Waals surface area contributed by atoms with E-state index in [2.05, 4.69) is 17.6 Å². The minimum Gasteiger partial charge on any atom is -0.508 e. The number of nitrogens with one attached hydrogen (secondary N) is 2. The molecule has 0 fully saturated rings. The van der Waals surface area contributed by atoms with E-state index in [1.54, 1.807) is 39.0 Å². The first-order valence-corrected chi connectivity index (χ1v) is 13.5. The first-order valence-electron chi connectivity index (χ1n) is 13.5. The van der Waals surface area contributed by atoms with Crippen molar-refractivity contribution in [3.8, 4) is 5.75 Å². The number of hydrogen-bond acceptors (Lipinski definition) is 5. The van der Waals surface area contributed by atoms with Gasteiger partial charge >= 0.3 is 6.09 Å². The quantitative estimate of drug-likeness (QED) is 0.307. The number of carbonyl (C=O) groups is 3. The van der Waals surface area contributed by atoms with Crippen LogP contribution in [0.5, 0.6) is 5.75 Å². The normalized spacial score (nSPS) is 13.6. The van der Waals surface area contributed by atoms with E-state index in [1.165, 1.54) is 11.0 Å². The molecule has 1 aromatic carbocycles. The summed E-state index contributed by atoms with van der Waals surface area (Å²) in [5.41, 5.74) is -0.933. The molecular formula is C29H49N3O5. The van der Waals surface area contributed by atoms with E-state index in [0.717, 1.165) is 19.3 Å². The Morgan fingerprint density at radius 3 is 2.14 bits per heavy atom. The second-order valence-electron chi connectivity index (χ2n) is 12.1. The van der Waals surface area contributed by atoms with Crippen molar-refractivity contribution in [3.63, 3.8) is 0 Å². The molecule has 37 heavy (non-hydrogen) atoms. The summed E-state index contributed by atoms with van der Waals surface area (Å²) < 4.78 is 5.43. The van der Waals surface area contributed by atoms with Crippen LogP contribution in [0.25, 0.3) is 0 Å². The van der Waals surface area contributed by atoms with E-state index in [1.807, 2.05) is 34.6 Å². The van der Waals surface area contributed by atoms with Crippen molar-refractivity contribution in [2.45, 2.75) is 118 Å². The molecule has 0 aromatic heterocycles. The van der Waals surface area contributed by atoms with Crippen LogP contribution in [-0.2, 0) is 14.3 Å². The lowest BCUT2D eigenvalue weighted by molar-refractivity contribution is -0.143. The van der Waals surface area contributed by atoms with Crippen LogP contribution in [0.15, 0.2) is 24.3 Å². The average Bonchev–Trinajstić information content (AvgIpc) is 2.73. The van der Waals surface area contributed by atoms with Gasteiger partial charge < -0.3 is 25.4 Å². The summed E-state index contributed by atoms with van der Waals surface area (Å²) in [6.45, 7) is 17.2. The number of phenolic OH excluding ortho intramolecular Hbond substituents is 1. The maximum atomic E-state index is 14.1. The molecule has 1 aromatic rings. The second-order valence-corrected chi connectivity index (χ2v) is 12.1. The highest BCUT2D eigenvalue weighted by molar-refractivity contribution is 5.92. The fourth-order valence-corrected chi connectivity index (χ4v) is 4.03. The molecule has 0 aliphatic rings. The number of unbranched alkanes of at least 4 members (excludes halogenated alkanes) is 3. The number of aromatic hydroxyl groups is 1. The third kappa shape index (κ3) is 11.9. The number of nitrogens with zero attached hydrogens (tertiary/aromatic N) is 1. The fourth-order valence-electron chi connectivity index (χ4n) is 4.03. The van der Waals surface area contributed by atoms with Crippen molar-refractivity contribution in [1.82, 2.24) is 15.5 Å². The first kappa shape index (κ1) is 32.3. The van der Waals surface area contributed by atoms with Gasteiger partial charge in [-0.3, -0.25) is 9.59 Å². The van der Waals surface area contributed by atoms with E-state index >= 15 is 0 Å². The van der Waals surface area contributed by atoms with E-state index in [4.69, 9.17) is 4.74 Å². The molecule has 210 valence electrons. The molecule has 3 N–H and O–H groups in total. The number of rotatable bonds is 12. The van der Waals surface area contributed by atoms with Crippen LogP contribution in [-0.4, -0.2) is 51.6 Å². The first-order chi connectivity index (χ1) is 17.1. The number of amides is 3. The Morgan fingerprint density at radius 2 is 1.62 bits per heavy atom. The number of phenols is 1. The zero-order valence-corrected chi connectivity index (χ0v) is 24.3. The molecule has 0 saturated heterocycles. The number of carbonyl (C=O) groups excluding carboxylic acids is 3. The van der Waals surface area contributed by atoms with Crippen LogP contribution >= 0.6 is 0 Å². The largest absolute Gasteiger partial charge is 0.508 e. The molecular weight excluding hydrogens is 470 g/mol. The highest BCUT2D eigenvalue weighted by Crippen LogP contribution is 2.31. The number of hydrogen-bond donors (Lipinski definition) is 3. The van der Waals surface area contributed by atoms with Crippen LogP contribution in [0.2, 0.25) is 0 Å². The standard InChI is InChI=1S/C29H49N3O5/c1-10-11-12-15-18-32(26(35)22(19-20(2)3)30-27(36)37-29(7,8)9)24(25(34)31-28(4,5)6)21-16-13-14-17-23(21)33/h13-14,16-17,20,22,24,33H,10-12,15,18-19H2,1-9H3,(H,30,36)(H,31,34). The summed E-state index contributed by atoms with van der Waals surface area (Å²) >= 11 is 0. The minimum atomic E-state index is -1.07. The van der Waals surface area contributed by atoms with Crippen molar-refractivity contribution < 1.29 is 24.2 Å². The Bertz CT molecular complexity index is 886. The lowest BCUT2D eigenvalue weighted by Crippen LogP contribution is -2.55. The Hall–Kier alpha value is -2.77. The van der Waals surface area contributed by atoms with Crippen LogP contribution in [0.4, 0.5) is 4.79 Å². The molecule has 0 spiro atoms. The van der Waals surface area contributed by atoms with Gasteiger partial charge in [-0.05, 0) is 66.4 Å². The number of benzene rings is 1. The Kier molecular flexibility index (Phi) is 12.4. The van der Waals surface area contributed by atoms with Crippen LogP contribution in [0, 0.1) is 5.92 Å². The fraction of sp³-hybridized carbons (Fsp3) is 0.690. The predicted molar refractivity (Wildman–Crippen MR) is 147 cm³/mol. The Morgan fingerprint density at radius 1 is 1.00 bits per heavy atom. The summed E-state index contributed by atoms with van der Waals surface area (Å²) in [7, 11) is 0. The summed E-state index contributed by atoms with van der Waals surface area (Å²) in [4.78, 5) is 42.0. The molecule has 0 aliphatic heterocycles. The summed E-state index contributed by atoms with van der Waals surface area (Å²) in [6, 6.07) is 4.62. The van der Waals surface area contributed by atoms with Crippen LogP contribution in [0.3, 0.4) is 0 Å². The minimum absolute atomic E-state index is 0.0663. The molecule has 0 heterocycles. The van der Waals surface area contributed by atoms with Crippen molar-refractivity contribution in [1.29, 1.82) is 0 Å². The van der Waals surface area contributed by atoms with Crippen molar-refractivity contribution >= 4 is 17.9 Å². The van der Waals surface area contributed by atoms with Crippen LogP contribution < -0.4 is 10.6 Å². The van der Waals surface area contributed by atoms with Gasteiger partial charge in [-0.1, -0.05) is 58.2 Å².